The molecule has 0 saturated carbocycles. The second kappa shape index (κ2) is 5.95. The predicted molar refractivity (Wildman–Crippen MR) is 78.6 cm³/mol. The Labute approximate surface area is 140 Å². The van der Waals surface area contributed by atoms with Crippen LogP contribution in [0.3, 0.4) is 0 Å². The standard InChI is InChI=1S/C15H15F3N2O5/c1-9-2-3-11-12(13(9)20(22)23)10(21)8-14(25-11,15(16,17)18)19-4-6-24-7-5-19/h2-3H,4-8H2,1H3/t14-/m0/s1. The van der Waals surface area contributed by atoms with Crippen LogP contribution in [0.25, 0.3) is 0 Å². The number of Topliss-reactive ketones (excluding diaryl/α,β-unsaturated/α-hetero) is 1. The van der Waals surface area contributed by atoms with Crippen LogP contribution in [0.2, 0.25) is 0 Å². The van der Waals surface area contributed by atoms with E-state index in [1.165, 1.54) is 19.1 Å². The molecule has 1 aromatic carbocycles. The van der Waals surface area contributed by atoms with E-state index in [-0.39, 0.29) is 31.9 Å². The average molecular weight is 360 g/mol. The summed E-state index contributed by atoms with van der Waals surface area (Å²) in [4.78, 5) is 24.0. The smallest absolute Gasteiger partial charge is 0.443 e. The Bertz CT molecular complexity index is 731. The van der Waals surface area contributed by atoms with Crippen LogP contribution in [-0.2, 0) is 4.74 Å². The van der Waals surface area contributed by atoms with Crippen molar-refractivity contribution in [3.05, 3.63) is 33.4 Å². The third-order valence-electron chi connectivity index (χ3n) is 4.45. The Kier molecular flexibility index (Phi) is 4.20. The quantitative estimate of drug-likeness (QED) is 0.595. The molecule has 2 aliphatic rings. The Morgan fingerprint density at radius 2 is 1.92 bits per heavy atom. The molecule has 1 saturated heterocycles. The molecule has 0 bridgehead atoms. The van der Waals surface area contributed by atoms with Gasteiger partial charge in [0.25, 0.3) is 11.4 Å². The molecule has 25 heavy (non-hydrogen) atoms. The summed E-state index contributed by atoms with van der Waals surface area (Å²) in [6.07, 6.45) is -5.90. The van der Waals surface area contributed by atoms with E-state index in [1.807, 2.05) is 0 Å². The molecule has 3 rings (SSSR count). The van der Waals surface area contributed by atoms with Crippen molar-refractivity contribution in [1.29, 1.82) is 0 Å². The van der Waals surface area contributed by atoms with Gasteiger partial charge in [-0.2, -0.15) is 13.2 Å². The van der Waals surface area contributed by atoms with E-state index in [9.17, 15) is 28.1 Å². The highest BCUT2D eigenvalue weighted by Gasteiger charge is 2.64. The van der Waals surface area contributed by atoms with Crippen LogP contribution >= 0.6 is 0 Å². The summed E-state index contributed by atoms with van der Waals surface area (Å²) in [5.74, 6) is -1.38. The summed E-state index contributed by atoms with van der Waals surface area (Å²) in [6, 6.07) is 2.45. The van der Waals surface area contributed by atoms with Crippen molar-refractivity contribution in [3.8, 4) is 5.75 Å². The number of hydrogen-bond donors (Lipinski definition) is 0. The maximum atomic E-state index is 13.9. The second-order valence-electron chi connectivity index (χ2n) is 5.94. The van der Waals surface area contributed by atoms with Gasteiger partial charge in [0.05, 0.1) is 24.6 Å². The molecule has 0 N–H and O–H groups in total. The SMILES string of the molecule is Cc1ccc2c(c1[N+](=O)[O-])C(=O)C[C@@](N1CCOCC1)(C(F)(F)F)O2. The number of hydrogen-bond acceptors (Lipinski definition) is 6. The maximum Gasteiger partial charge on any atom is 0.443 e. The molecule has 2 heterocycles. The van der Waals surface area contributed by atoms with E-state index >= 15 is 0 Å². The summed E-state index contributed by atoms with van der Waals surface area (Å²) in [7, 11) is 0. The van der Waals surface area contributed by atoms with E-state index in [0.717, 1.165) is 4.90 Å². The average Bonchev–Trinajstić information content (AvgIpc) is 2.54. The molecule has 7 nitrogen and oxygen atoms in total. The topological polar surface area (TPSA) is 81.9 Å². The molecule has 136 valence electrons. The van der Waals surface area contributed by atoms with Crippen LogP contribution in [0, 0.1) is 17.0 Å². The van der Waals surface area contributed by atoms with Gasteiger partial charge < -0.3 is 9.47 Å². The number of nitrogens with zero attached hydrogens (tertiary/aromatic N) is 2. The molecular formula is C15H15F3N2O5. The van der Waals surface area contributed by atoms with Gasteiger partial charge in [-0.3, -0.25) is 19.8 Å². The molecule has 0 unspecified atom stereocenters. The Morgan fingerprint density at radius 1 is 1.28 bits per heavy atom. The number of benzene rings is 1. The lowest BCUT2D eigenvalue weighted by molar-refractivity contribution is -0.386. The zero-order valence-corrected chi connectivity index (χ0v) is 13.3. The van der Waals surface area contributed by atoms with Crippen LogP contribution in [0.5, 0.6) is 5.75 Å². The number of fused-ring (bicyclic) bond motifs is 1. The fourth-order valence-electron chi connectivity index (χ4n) is 3.23. The first-order chi connectivity index (χ1) is 11.7. The molecule has 0 aliphatic carbocycles. The van der Waals surface area contributed by atoms with Gasteiger partial charge in [0.15, 0.2) is 5.78 Å². The monoisotopic (exact) mass is 360 g/mol. The van der Waals surface area contributed by atoms with Gasteiger partial charge in [-0.15, -0.1) is 0 Å². The minimum absolute atomic E-state index is 0.0594. The van der Waals surface area contributed by atoms with E-state index < -0.39 is 46.0 Å². The summed E-state index contributed by atoms with van der Waals surface area (Å²) >= 11 is 0. The molecule has 1 fully saturated rings. The first kappa shape index (κ1) is 17.6. The summed E-state index contributed by atoms with van der Waals surface area (Å²) < 4.78 is 52.0. The van der Waals surface area contributed by atoms with Gasteiger partial charge in [0.2, 0.25) is 0 Å². The first-order valence-corrected chi connectivity index (χ1v) is 7.57. The molecular weight excluding hydrogens is 345 g/mol. The number of nitro benzene ring substituents is 1. The van der Waals surface area contributed by atoms with Crippen molar-refractivity contribution in [2.75, 3.05) is 26.3 Å². The third kappa shape index (κ3) is 2.74. The van der Waals surface area contributed by atoms with E-state index in [2.05, 4.69) is 0 Å². The summed E-state index contributed by atoms with van der Waals surface area (Å²) in [5.41, 5.74) is -3.57. The highest BCUT2D eigenvalue weighted by Crippen LogP contribution is 2.47. The molecule has 2 aliphatic heterocycles. The van der Waals surface area contributed by atoms with Crippen molar-refractivity contribution < 1.29 is 32.4 Å². The lowest BCUT2D eigenvalue weighted by atomic mass is 9.91. The van der Waals surface area contributed by atoms with Gasteiger partial charge in [-0.25, -0.2) is 0 Å². The van der Waals surface area contributed by atoms with Crippen LogP contribution in [0.1, 0.15) is 22.3 Å². The highest BCUT2D eigenvalue weighted by atomic mass is 19.4. The number of carbonyl (C=O) groups is 1. The largest absolute Gasteiger partial charge is 0.461 e. The first-order valence-electron chi connectivity index (χ1n) is 7.57. The second-order valence-corrected chi connectivity index (χ2v) is 5.94. The van der Waals surface area contributed by atoms with Crippen LogP contribution in [0.4, 0.5) is 18.9 Å². The fourth-order valence-corrected chi connectivity index (χ4v) is 3.23. The van der Waals surface area contributed by atoms with Gasteiger partial charge in [0.1, 0.15) is 11.3 Å². The number of aryl methyl sites for hydroxylation is 1. The summed E-state index contributed by atoms with van der Waals surface area (Å²) in [6.45, 7) is 1.46. The highest BCUT2D eigenvalue weighted by molar-refractivity contribution is 6.04. The van der Waals surface area contributed by atoms with Crippen molar-refractivity contribution in [1.82, 2.24) is 4.90 Å². The fraction of sp³-hybridized carbons (Fsp3) is 0.533. The molecule has 1 aromatic rings. The van der Waals surface area contributed by atoms with E-state index in [4.69, 9.17) is 9.47 Å². The lowest BCUT2D eigenvalue weighted by Crippen LogP contribution is -2.67. The van der Waals surface area contributed by atoms with Gasteiger partial charge in [-0.1, -0.05) is 0 Å². The van der Waals surface area contributed by atoms with Gasteiger partial charge in [-0.05, 0) is 19.1 Å². The molecule has 0 amide bonds. The molecule has 0 radical (unpaired) electrons. The Balaban J connectivity index is 2.13. The van der Waals surface area contributed by atoms with Gasteiger partial charge in [0, 0.05) is 18.7 Å². The molecule has 10 heteroatoms. The van der Waals surface area contributed by atoms with E-state index in [1.54, 1.807) is 0 Å². The number of nitro groups is 1. The van der Waals surface area contributed by atoms with Crippen LogP contribution in [-0.4, -0.2) is 53.8 Å². The molecule has 0 aromatic heterocycles. The van der Waals surface area contributed by atoms with Crippen molar-refractivity contribution in [3.63, 3.8) is 0 Å². The number of ketones is 1. The van der Waals surface area contributed by atoms with Crippen molar-refractivity contribution >= 4 is 11.5 Å². The van der Waals surface area contributed by atoms with Crippen LogP contribution < -0.4 is 4.74 Å². The van der Waals surface area contributed by atoms with Crippen molar-refractivity contribution in [2.45, 2.75) is 25.2 Å². The van der Waals surface area contributed by atoms with Crippen LogP contribution in [0.15, 0.2) is 12.1 Å². The minimum atomic E-state index is -4.86. The number of morpholine rings is 1. The molecule has 0 spiro atoms. The number of halogens is 3. The normalized spacial score (nSPS) is 24.6. The Hall–Kier alpha value is -2.20. The number of rotatable bonds is 2. The zero-order chi connectivity index (χ0) is 18.4. The number of carbonyl (C=O) groups excluding carboxylic acids is 1. The van der Waals surface area contributed by atoms with Crippen molar-refractivity contribution in [2.24, 2.45) is 0 Å². The third-order valence-corrected chi connectivity index (χ3v) is 4.45. The van der Waals surface area contributed by atoms with Gasteiger partial charge >= 0.3 is 6.18 Å². The van der Waals surface area contributed by atoms with E-state index in [0.29, 0.717) is 0 Å². The predicted octanol–water partition coefficient (Wildman–Crippen LogP) is 2.46. The zero-order valence-electron chi connectivity index (χ0n) is 13.3. The minimum Gasteiger partial charge on any atom is -0.461 e. The lowest BCUT2D eigenvalue weighted by Gasteiger charge is -2.47. The summed E-state index contributed by atoms with van der Waals surface area (Å²) in [5, 5.41) is 11.2. The maximum absolute atomic E-state index is 13.9. The molecule has 1 atom stereocenters. The number of alkyl halides is 3. The number of ether oxygens (including phenoxy) is 2. The Morgan fingerprint density at radius 3 is 2.48 bits per heavy atom.